The zero-order chi connectivity index (χ0) is 38.4. The molecule has 10 nitrogen and oxygen atoms in total. The van der Waals surface area contributed by atoms with Crippen molar-refractivity contribution in [2.45, 2.75) is 68.2 Å². The summed E-state index contributed by atoms with van der Waals surface area (Å²) in [5.41, 5.74) is 0.685. The van der Waals surface area contributed by atoms with Crippen molar-refractivity contribution in [1.29, 1.82) is 0 Å². The van der Waals surface area contributed by atoms with E-state index in [0.29, 0.717) is 62.8 Å². The normalized spacial score (nSPS) is 14.8. The fourth-order valence-electron chi connectivity index (χ4n) is 6.25. The number of hydrogen-bond acceptors (Lipinski definition) is 9. The number of thioether (sulfide) groups is 2. The summed E-state index contributed by atoms with van der Waals surface area (Å²) in [5, 5.41) is 5.46. The van der Waals surface area contributed by atoms with Crippen molar-refractivity contribution in [3.05, 3.63) is 78.4 Å². The molecular weight excluding hydrogens is 731 g/mol. The summed E-state index contributed by atoms with van der Waals surface area (Å²) >= 11 is 3.25. The minimum Gasteiger partial charge on any atom is -0.483 e. The lowest BCUT2D eigenvalue weighted by Crippen LogP contribution is -2.45. The zero-order valence-electron chi connectivity index (χ0n) is 31.0. The quantitative estimate of drug-likeness (QED) is 0.0496. The van der Waals surface area contributed by atoms with Crippen LogP contribution in [0.4, 0.5) is 11.4 Å². The Kier molecular flexibility index (Phi) is 16.2. The molecule has 0 saturated carbocycles. The molecule has 285 valence electrons. The topological polar surface area (TPSA) is 131 Å². The van der Waals surface area contributed by atoms with Crippen molar-refractivity contribution in [1.82, 2.24) is 10.6 Å². The summed E-state index contributed by atoms with van der Waals surface area (Å²) in [5.74, 6) is -1.36. The number of amides is 3. The van der Waals surface area contributed by atoms with Crippen molar-refractivity contribution in [3.8, 4) is 5.75 Å². The van der Waals surface area contributed by atoms with E-state index in [1.54, 1.807) is 35.2 Å². The van der Waals surface area contributed by atoms with Gasteiger partial charge in [0.05, 0.1) is 23.6 Å². The van der Waals surface area contributed by atoms with E-state index in [4.69, 9.17) is 9.47 Å². The van der Waals surface area contributed by atoms with Gasteiger partial charge < -0.3 is 20.1 Å². The molecule has 0 spiro atoms. The number of hydrogen-bond donors (Lipinski definition) is 3. The Labute approximate surface area is 325 Å². The predicted molar refractivity (Wildman–Crippen MR) is 215 cm³/mol. The van der Waals surface area contributed by atoms with E-state index in [-0.39, 0.29) is 17.6 Å². The van der Waals surface area contributed by atoms with E-state index in [1.807, 2.05) is 55.0 Å². The number of benzene rings is 3. The fourth-order valence-corrected chi connectivity index (χ4v) is 8.67. The molecule has 1 unspecified atom stereocenters. The van der Waals surface area contributed by atoms with Crippen molar-refractivity contribution in [3.63, 3.8) is 0 Å². The molecule has 53 heavy (non-hydrogen) atoms. The van der Waals surface area contributed by atoms with Crippen LogP contribution >= 0.6 is 35.3 Å². The summed E-state index contributed by atoms with van der Waals surface area (Å²) < 4.78 is 11.0. The number of carbonyl (C=O) groups excluding carboxylic acids is 5. The second-order valence-corrected chi connectivity index (χ2v) is 15.7. The number of nitrogens with one attached hydrogen (secondary N) is 2. The Morgan fingerprint density at radius 3 is 2.15 bits per heavy atom. The van der Waals surface area contributed by atoms with Gasteiger partial charge in [0.15, 0.2) is 11.7 Å². The Hall–Kier alpha value is -3.94. The molecule has 3 aromatic carbocycles. The number of nitrogens with zero attached hydrogens (tertiary/aromatic N) is 1. The average molecular weight is 781 g/mol. The van der Waals surface area contributed by atoms with Gasteiger partial charge in [-0.15, -0.1) is 23.5 Å². The Morgan fingerprint density at radius 2 is 1.57 bits per heavy atom. The van der Waals surface area contributed by atoms with Gasteiger partial charge >= 0.3 is 5.97 Å². The number of para-hydroxylation sites is 1. The van der Waals surface area contributed by atoms with Gasteiger partial charge in [-0.1, -0.05) is 88.1 Å². The van der Waals surface area contributed by atoms with E-state index >= 15 is 0 Å². The maximum Gasteiger partial charge on any atom is 0.311 e. The number of thiol groups is 1. The average Bonchev–Trinajstić information content (AvgIpc) is 3.26. The first-order valence-corrected chi connectivity index (χ1v) is 21.3. The third-order valence-corrected chi connectivity index (χ3v) is 11.9. The van der Waals surface area contributed by atoms with Crippen LogP contribution in [0.3, 0.4) is 0 Å². The summed E-state index contributed by atoms with van der Waals surface area (Å²) in [6.45, 7) is 3.76. The summed E-state index contributed by atoms with van der Waals surface area (Å²) in [7, 11) is 1.31. The molecule has 1 heterocycles. The number of unbranched alkanes of at least 4 members (excludes halogenated alkanes) is 2. The van der Waals surface area contributed by atoms with E-state index in [1.165, 1.54) is 30.6 Å². The second kappa shape index (κ2) is 20.5. The smallest absolute Gasteiger partial charge is 0.311 e. The Bertz CT molecular complexity index is 1720. The van der Waals surface area contributed by atoms with Crippen molar-refractivity contribution in [2.75, 3.05) is 43.4 Å². The Balaban J connectivity index is 1.63. The standard InChI is InChI=1S/C40H50N3O7S3/c1-6-8-20-40(21-9-7-2)38(47)43(29-18-14-11-15-19-29)30-22-33(52-5)31(23-32(30)53-39(40)48)50-25-34(44)42-35(27-16-12-10-13-17-27)36(45)41-24-28(26-51-4)37(46)49-3/h10-19,22-23,28,35,53H,6-9,20-21,24-26H2,1-5H3,(H,41,45)(H,42,44)/t28?,35-/m1/s1. The van der Waals surface area contributed by atoms with Crippen molar-refractivity contribution >= 4 is 75.5 Å². The van der Waals surface area contributed by atoms with Crippen LogP contribution in [0, 0.1) is 11.3 Å². The Morgan fingerprint density at radius 1 is 0.925 bits per heavy atom. The summed E-state index contributed by atoms with van der Waals surface area (Å²) in [6, 6.07) is 20.8. The van der Waals surface area contributed by atoms with Crippen LogP contribution in [0.2, 0.25) is 0 Å². The predicted octanol–water partition coefficient (Wildman–Crippen LogP) is 7.31. The number of methoxy groups -OCH3 is 1. The molecule has 2 N–H and O–H groups in total. The van der Waals surface area contributed by atoms with Crippen LogP contribution < -0.4 is 20.3 Å². The molecule has 4 rings (SSSR count). The molecular formula is C40H50N3O7S3. The molecule has 1 aliphatic heterocycles. The van der Waals surface area contributed by atoms with Crippen LogP contribution in [0.5, 0.6) is 5.75 Å². The monoisotopic (exact) mass is 780 g/mol. The molecule has 2 atom stereocenters. The van der Waals surface area contributed by atoms with Gasteiger partial charge in [-0.25, -0.2) is 0 Å². The van der Waals surface area contributed by atoms with E-state index in [0.717, 1.165) is 25.7 Å². The number of rotatable bonds is 19. The largest absolute Gasteiger partial charge is 0.483 e. The molecule has 3 aromatic rings. The maximum absolute atomic E-state index is 14.7. The van der Waals surface area contributed by atoms with Crippen molar-refractivity contribution in [2.24, 2.45) is 11.3 Å². The first kappa shape index (κ1) is 41.8. The highest BCUT2D eigenvalue weighted by Crippen LogP contribution is 2.51. The number of esters is 1. The molecule has 1 radical (unpaired) electrons. The van der Waals surface area contributed by atoms with Gasteiger partial charge in [-0.2, -0.15) is 11.8 Å². The molecule has 0 aromatic heterocycles. The summed E-state index contributed by atoms with van der Waals surface area (Å²) in [6.07, 6.45) is 7.91. The van der Waals surface area contributed by atoms with E-state index in [2.05, 4.69) is 24.5 Å². The molecule has 0 aliphatic carbocycles. The number of fused-ring (bicyclic) bond motifs is 1. The van der Waals surface area contributed by atoms with Gasteiger partial charge in [-0.3, -0.25) is 28.9 Å². The van der Waals surface area contributed by atoms with Crippen LogP contribution in [0.15, 0.2) is 82.6 Å². The van der Waals surface area contributed by atoms with Crippen LogP contribution in [0.1, 0.15) is 64.0 Å². The highest BCUT2D eigenvalue weighted by Gasteiger charge is 2.50. The molecule has 1 aliphatic rings. The van der Waals surface area contributed by atoms with Gasteiger partial charge in [-0.05, 0) is 55.2 Å². The zero-order valence-corrected chi connectivity index (χ0v) is 33.5. The number of anilines is 2. The van der Waals surface area contributed by atoms with Gasteiger partial charge in [0.2, 0.25) is 11.8 Å². The molecule has 0 fully saturated rings. The molecule has 3 amide bonds. The lowest BCUT2D eigenvalue weighted by molar-refractivity contribution is -0.144. The van der Waals surface area contributed by atoms with Crippen molar-refractivity contribution < 1.29 is 33.4 Å². The third-order valence-electron chi connectivity index (χ3n) is 9.16. The van der Waals surface area contributed by atoms with E-state index in [9.17, 15) is 24.0 Å². The van der Waals surface area contributed by atoms with Crippen LogP contribution in [-0.4, -0.2) is 67.3 Å². The highest BCUT2D eigenvalue weighted by atomic mass is 32.2. The molecule has 0 saturated heterocycles. The molecule has 13 heteroatoms. The van der Waals surface area contributed by atoms with E-state index < -0.39 is 41.8 Å². The second-order valence-electron chi connectivity index (χ2n) is 12.8. The SMILES string of the molecule is CCCCC1(CCCC)C(=O)[SH]c2cc(OCC(=O)N[C@@H](C(=O)NCC(CSC)C(=O)OC)c3ccccc3)c(SC)cc2N(c2ccccc2)C1=O. The lowest BCUT2D eigenvalue weighted by Gasteiger charge is -2.34. The number of ether oxygens (including phenoxy) is 2. The van der Waals surface area contributed by atoms with Gasteiger partial charge in [0.25, 0.3) is 5.91 Å². The first-order valence-electron chi connectivity index (χ1n) is 17.8. The highest BCUT2D eigenvalue weighted by molar-refractivity contribution is 8.14. The third kappa shape index (κ3) is 10.4. The van der Waals surface area contributed by atoms with Crippen LogP contribution in [0.25, 0.3) is 0 Å². The van der Waals surface area contributed by atoms with Crippen LogP contribution in [-0.2, 0) is 28.7 Å². The minimum absolute atomic E-state index is 0.0485. The lowest BCUT2D eigenvalue weighted by atomic mass is 9.77. The fraction of sp³-hybridized carbons (Fsp3) is 0.425. The first-order chi connectivity index (χ1) is 25.6. The minimum atomic E-state index is -1.16. The van der Waals surface area contributed by atoms with Gasteiger partial charge in [0.1, 0.15) is 17.2 Å². The maximum atomic E-state index is 14.7. The van der Waals surface area contributed by atoms with Gasteiger partial charge in [0, 0.05) is 22.9 Å². The number of carbonyl (C=O) groups is 5. The summed E-state index contributed by atoms with van der Waals surface area (Å²) in [4.78, 5) is 71.2. The molecule has 0 bridgehead atoms.